The van der Waals surface area contributed by atoms with Gasteiger partial charge in [-0.15, -0.1) is 0 Å². The third kappa shape index (κ3) is 3.30. The highest BCUT2D eigenvalue weighted by atomic mass is 79.9. The highest BCUT2D eigenvalue weighted by molar-refractivity contribution is 9.10. The molecule has 1 heterocycles. The molecule has 0 saturated carbocycles. The standard InChI is InChI=1S/C15H22BrNO2/c1-10-6-7-17(9-15(10)19-3)14-5-4-12(11(2)18)8-13(14)16/h4-5,8,10-11,15,18H,6-7,9H2,1-3H3. The number of hydrogen-bond donors (Lipinski definition) is 1. The quantitative estimate of drug-likeness (QED) is 0.923. The Morgan fingerprint density at radius 2 is 2.21 bits per heavy atom. The van der Waals surface area contributed by atoms with E-state index in [0.717, 1.165) is 29.5 Å². The van der Waals surface area contributed by atoms with Gasteiger partial charge in [0.15, 0.2) is 0 Å². The van der Waals surface area contributed by atoms with Crippen molar-refractivity contribution in [1.82, 2.24) is 0 Å². The summed E-state index contributed by atoms with van der Waals surface area (Å²) in [4.78, 5) is 2.35. The molecule has 1 fully saturated rings. The van der Waals surface area contributed by atoms with Gasteiger partial charge in [-0.05, 0) is 52.9 Å². The van der Waals surface area contributed by atoms with Gasteiger partial charge in [0, 0.05) is 24.7 Å². The summed E-state index contributed by atoms with van der Waals surface area (Å²) in [7, 11) is 1.79. The van der Waals surface area contributed by atoms with Crippen LogP contribution in [0.1, 0.15) is 31.9 Å². The number of piperidine rings is 1. The van der Waals surface area contributed by atoms with E-state index in [-0.39, 0.29) is 6.10 Å². The topological polar surface area (TPSA) is 32.7 Å². The molecule has 3 unspecified atom stereocenters. The SMILES string of the molecule is COC1CN(c2ccc(C(C)O)cc2Br)CCC1C. The minimum absolute atomic E-state index is 0.289. The fourth-order valence-electron chi connectivity index (χ4n) is 2.60. The van der Waals surface area contributed by atoms with Gasteiger partial charge in [0.25, 0.3) is 0 Å². The first-order chi connectivity index (χ1) is 9.02. The summed E-state index contributed by atoms with van der Waals surface area (Å²) in [6.45, 7) is 6.00. The van der Waals surface area contributed by atoms with Crippen molar-refractivity contribution >= 4 is 21.6 Å². The van der Waals surface area contributed by atoms with Gasteiger partial charge in [-0.3, -0.25) is 0 Å². The summed E-state index contributed by atoms with van der Waals surface area (Å²) in [5.41, 5.74) is 2.11. The molecule has 3 nitrogen and oxygen atoms in total. The molecule has 0 aromatic heterocycles. The van der Waals surface area contributed by atoms with E-state index in [1.54, 1.807) is 14.0 Å². The first-order valence-electron chi connectivity index (χ1n) is 6.78. The van der Waals surface area contributed by atoms with Gasteiger partial charge in [-0.25, -0.2) is 0 Å². The predicted molar refractivity (Wildman–Crippen MR) is 81.6 cm³/mol. The maximum absolute atomic E-state index is 9.61. The van der Waals surface area contributed by atoms with Crippen LogP contribution in [0.2, 0.25) is 0 Å². The maximum Gasteiger partial charge on any atom is 0.0772 e. The van der Waals surface area contributed by atoms with Crippen molar-refractivity contribution in [3.05, 3.63) is 28.2 Å². The second-order valence-corrected chi connectivity index (χ2v) is 6.23. The third-order valence-corrected chi connectivity index (χ3v) is 4.62. The van der Waals surface area contributed by atoms with Gasteiger partial charge in [0.2, 0.25) is 0 Å². The van der Waals surface area contributed by atoms with Crippen LogP contribution in [0, 0.1) is 5.92 Å². The van der Waals surface area contributed by atoms with Crippen molar-refractivity contribution in [2.45, 2.75) is 32.5 Å². The smallest absolute Gasteiger partial charge is 0.0772 e. The lowest BCUT2D eigenvalue weighted by atomic mass is 9.95. The molecule has 1 aromatic carbocycles. The molecular weight excluding hydrogens is 306 g/mol. The van der Waals surface area contributed by atoms with Crippen molar-refractivity contribution in [2.75, 3.05) is 25.1 Å². The summed E-state index contributed by atoms with van der Waals surface area (Å²) < 4.78 is 6.60. The Morgan fingerprint density at radius 3 is 2.79 bits per heavy atom. The van der Waals surface area contributed by atoms with Crippen molar-refractivity contribution in [3.63, 3.8) is 0 Å². The normalized spacial score (nSPS) is 25.4. The minimum Gasteiger partial charge on any atom is -0.389 e. The Balaban J connectivity index is 2.18. The van der Waals surface area contributed by atoms with Gasteiger partial charge in [-0.2, -0.15) is 0 Å². The summed E-state index contributed by atoms with van der Waals surface area (Å²) in [6.07, 6.45) is 0.999. The number of aliphatic hydroxyl groups is 1. The summed E-state index contributed by atoms with van der Waals surface area (Å²) in [5.74, 6) is 0.608. The highest BCUT2D eigenvalue weighted by Gasteiger charge is 2.27. The van der Waals surface area contributed by atoms with Gasteiger partial charge in [0.1, 0.15) is 0 Å². The number of hydrogen-bond acceptors (Lipinski definition) is 3. The van der Waals surface area contributed by atoms with Crippen LogP contribution in [0.25, 0.3) is 0 Å². The highest BCUT2D eigenvalue weighted by Crippen LogP contribution is 2.32. The zero-order valence-electron chi connectivity index (χ0n) is 11.8. The molecule has 3 atom stereocenters. The Bertz CT molecular complexity index is 436. The average Bonchev–Trinajstić information content (AvgIpc) is 2.39. The fourth-order valence-corrected chi connectivity index (χ4v) is 3.25. The van der Waals surface area contributed by atoms with E-state index in [0.29, 0.717) is 5.92 Å². The predicted octanol–water partition coefficient (Wildman–Crippen LogP) is 3.36. The van der Waals surface area contributed by atoms with Crippen LogP contribution in [0.15, 0.2) is 22.7 Å². The summed E-state index contributed by atoms with van der Waals surface area (Å²) in [5, 5.41) is 9.61. The average molecular weight is 328 g/mol. The van der Waals surface area contributed by atoms with Crippen molar-refractivity contribution < 1.29 is 9.84 Å². The lowest BCUT2D eigenvalue weighted by Crippen LogP contribution is -2.44. The number of aliphatic hydroxyl groups excluding tert-OH is 1. The lowest BCUT2D eigenvalue weighted by molar-refractivity contribution is 0.0498. The second kappa shape index (κ2) is 6.25. The number of benzene rings is 1. The van der Waals surface area contributed by atoms with Crippen molar-refractivity contribution in [2.24, 2.45) is 5.92 Å². The van der Waals surface area contributed by atoms with Crippen LogP contribution < -0.4 is 4.90 Å². The third-order valence-electron chi connectivity index (χ3n) is 3.99. The minimum atomic E-state index is -0.432. The largest absolute Gasteiger partial charge is 0.389 e. The van der Waals surface area contributed by atoms with E-state index in [2.05, 4.69) is 33.8 Å². The molecule has 0 aliphatic carbocycles. The van der Waals surface area contributed by atoms with Gasteiger partial charge >= 0.3 is 0 Å². The number of anilines is 1. The molecule has 0 radical (unpaired) electrons. The van der Waals surface area contributed by atoms with E-state index >= 15 is 0 Å². The molecule has 4 heteroatoms. The molecule has 2 rings (SSSR count). The van der Waals surface area contributed by atoms with Crippen LogP contribution in [-0.4, -0.2) is 31.4 Å². The zero-order valence-corrected chi connectivity index (χ0v) is 13.4. The van der Waals surface area contributed by atoms with Crippen molar-refractivity contribution in [1.29, 1.82) is 0 Å². The molecule has 1 aliphatic rings. The molecule has 1 aliphatic heterocycles. The number of methoxy groups -OCH3 is 1. The molecule has 0 amide bonds. The Kier molecular flexibility index (Phi) is 4.87. The van der Waals surface area contributed by atoms with E-state index < -0.39 is 6.10 Å². The van der Waals surface area contributed by atoms with E-state index in [9.17, 15) is 5.11 Å². The second-order valence-electron chi connectivity index (χ2n) is 5.37. The maximum atomic E-state index is 9.61. The molecule has 1 aromatic rings. The summed E-state index contributed by atoms with van der Waals surface area (Å²) in [6, 6.07) is 6.07. The van der Waals surface area contributed by atoms with E-state index in [1.165, 1.54) is 5.69 Å². The number of ether oxygens (including phenoxy) is 1. The fraction of sp³-hybridized carbons (Fsp3) is 0.600. The Labute approximate surface area is 123 Å². The molecular formula is C15H22BrNO2. The zero-order chi connectivity index (χ0) is 14.0. The molecule has 1 N–H and O–H groups in total. The monoisotopic (exact) mass is 327 g/mol. The van der Waals surface area contributed by atoms with Crippen LogP contribution in [0.4, 0.5) is 5.69 Å². The van der Waals surface area contributed by atoms with Gasteiger partial charge in [-0.1, -0.05) is 13.0 Å². The number of rotatable bonds is 3. The lowest BCUT2D eigenvalue weighted by Gasteiger charge is -2.38. The number of halogens is 1. The summed E-state index contributed by atoms with van der Waals surface area (Å²) >= 11 is 3.61. The Morgan fingerprint density at radius 1 is 1.47 bits per heavy atom. The molecule has 19 heavy (non-hydrogen) atoms. The van der Waals surface area contributed by atoms with Crippen LogP contribution >= 0.6 is 15.9 Å². The van der Waals surface area contributed by atoms with Crippen LogP contribution in [0.5, 0.6) is 0 Å². The molecule has 106 valence electrons. The van der Waals surface area contributed by atoms with E-state index in [1.807, 2.05) is 12.1 Å². The first kappa shape index (κ1) is 14.8. The molecule has 0 bridgehead atoms. The first-order valence-corrected chi connectivity index (χ1v) is 7.57. The van der Waals surface area contributed by atoms with Crippen LogP contribution in [-0.2, 0) is 4.74 Å². The van der Waals surface area contributed by atoms with Crippen molar-refractivity contribution in [3.8, 4) is 0 Å². The Hall–Kier alpha value is -0.580. The van der Waals surface area contributed by atoms with Gasteiger partial charge in [0.05, 0.1) is 17.9 Å². The molecule has 1 saturated heterocycles. The number of nitrogens with zero attached hydrogens (tertiary/aromatic N) is 1. The van der Waals surface area contributed by atoms with Crippen LogP contribution in [0.3, 0.4) is 0 Å². The van der Waals surface area contributed by atoms with Gasteiger partial charge < -0.3 is 14.7 Å². The van der Waals surface area contributed by atoms with E-state index in [4.69, 9.17) is 4.74 Å². The molecule has 0 spiro atoms.